The molecule has 1 rings (SSSR count). The fourth-order valence-electron chi connectivity index (χ4n) is 1.57. The number of aliphatic hydroxyl groups is 1. The second-order valence-corrected chi connectivity index (χ2v) is 4.32. The number of benzene rings is 1. The molecule has 0 spiro atoms. The molecule has 0 saturated carbocycles. The standard InChI is InChI=1S/C14H22O2/c1-4-13(15)6-5-9-16-14-10-11(2)7-8-12(14)3/h7-8,10,13,15H,4-6,9H2,1-3H3. The molecule has 90 valence electrons. The molecular weight excluding hydrogens is 200 g/mol. The summed E-state index contributed by atoms with van der Waals surface area (Å²) in [7, 11) is 0. The molecule has 1 unspecified atom stereocenters. The van der Waals surface area contributed by atoms with Crippen molar-refractivity contribution < 1.29 is 9.84 Å². The van der Waals surface area contributed by atoms with Gasteiger partial charge in [0.15, 0.2) is 0 Å². The highest BCUT2D eigenvalue weighted by molar-refractivity contribution is 5.35. The van der Waals surface area contributed by atoms with Crippen LogP contribution in [0.2, 0.25) is 0 Å². The van der Waals surface area contributed by atoms with Crippen molar-refractivity contribution in [1.82, 2.24) is 0 Å². The summed E-state index contributed by atoms with van der Waals surface area (Å²) < 4.78 is 5.70. The number of ether oxygens (including phenoxy) is 1. The summed E-state index contributed by atoms with van der Waals surface area (Å²) in [5.41, 5.74) is 2.39. The van der Waals surface area contributed by atoms with Gasteiger partial charge >= 0.3 is 0 Å². The minimum atomic E-state index is -0.179. The number of hydrogen-bond acceptors (Lipinski definition) is 2. The van der Waals surface area contributed by atoms with Crippen LogP contribution in [0.1, 0.15) is 37.3 Å². The van der Waals surface area contributed by atoms with E-state index in [0.29, 0.717) is 6.61 Å². The first-order chi connectivity index (χ1) is 7.63. The van der Waals surface area contributed by atoms with Crippen molar-refractivity contribution in [3.05, 3.63) is 29.3 Å². The van der Waals surface area contributed by atoms with E-state index in [1.807, 2.05) is 6.92 Å². The van der Waals surface area contributed by atoms with E-state index in [-0.39, 0.29) is 6.10 Å². The smallest absolute Gasteiger partial charge is 0.122 e. The minimum Gasteiger partial charge on any atom is -0.493 e. The van der Waals surface area contributed by atoms with Crippen LogP contribution in [-0.2, 0) is 0 Å². The number of hydrogen-bond donors (Lipinski definition) is 1. The SMILES string of the molecule is CCC(O)CCCOc1cc(C)ccc1C. The Kier molecular flexibility index (Phi) is 5.33. The first kappa shape index (κ1) is 13.0. The number of aliphatic hydroxyl groups excluding tert-OH is 1. The van der Waals surface area contributed by atoms with Gasteiger partial charge in [-0.2, -0.15) is 0 Å². The molecule has 1 aromatic rings. The van der Waals surface area contributed by atoms with Crippen LogP contribution in [0.5, 0.6) is 5.75 Å². The highest BCUT2D eigenvalue weighted by Crippen LogP contribution is 2.19. The van der Waals surface area contributed by atoms with Crippen molar-refractivity contribution in [2.75, 3.05) is 6.61 Å². The Bertz CT molecular complexity index is 321. The summed E-state index contributed by atoms with van der Waals surface area (Å²) in [5, 5.41) is 9.40. The Morgan fingerprint density at radius 2 is 2.06 bits per heavy atom. The molecule has 0 heterocycles. The van der Waals surface area contributed by atoms with E-state index in [1.165, 1.54) is 11.1 Å². The maximum atomic E-state index is 9.40. The Hall–Kier alpha value is -1.02. The van der Waals surface area contributed by atoms with Crippen molar-refractivity contribution in [2.45, 2.75) is 46.1 Å². The summed E-state index contributed by atoms with van der Waals surface area (Å²) in [5.74, 6) is 0.964. The maximum absolute atomic E-state index is 9.40. The van der Waals surface area contributed by atoms with Crippen LogP contribution in [0.15, 0.2) is 18.2 Å². The van der Waals surface area contributed by atoms with Crippen LogP contribution in [0.4, 0.5) is 0 Å². The molecule has 0 aliphatic heterocycles. The normalized spacial score (nSPS) is 12.5. The van der Waals surface area contributed by atoms with E-state index < -0.39 is 0 Å². The second-order valence-electron chi connectivity index (χ2n) is 4.32. The molecule has 1 N–H and O–H groups in total. The van der Waals surface area contributed by atoms with Gasteiger partial charge in [0.25, 0.3) is 0 Å². The summed E-state index contributed by atoms with van der Waals surface area (Å²) in [6, 6.07) is 6.22. The van der Waals surface area contributed by atoms with Crippen LogP contribution >= 0.6 is 0 Å². The zero-order valence-corrected chi connectivity index (χ0v) is 10.5. The molecular formula is C14H22O2. The van der Waals surface area contributed by atoms with E-state index in [0.717, 1.165) is 25.0 Å². The molecule has 0 amide bonds. The summed E-state index contributed by atoms with van der Waals surface area (Å²) >= 11 is 0. The first-order valence-corrected chi connectivity index (χ1v) is 6.01. The Morgan fingerprint density at radius 1 is 1.31 bits per heavy atom. The minimum absolute atomic E-state index is 0.179. The predicted octanol–water partition coefficient (Wildman–Crippen LogP) is 3.23. The zero-order chi connectivity index (χ0) is 12.0. The largest absolute Gasteiger partial charge is 0.493 e. The van der Waals surface area contributed by atoms with Crippen molar-refractivity contribution in [2.24, 2.45) is 0 Å². The van der Waals surface area contributed by atoms with Gasteiger partial charge < -0.3 is 9.84 Å². The van der Waals surface area contributed by atoms with Crippen molar-refractivity contribution >= 4 is 0 Å². The van der Waals surface area contributed by atoms with E-state index in [2.05, 4.69) is 32.0 Å². The second kappa shape index (κ2) is 6.54. The maximum Gasteiger partial charge on any atom is 0.122 e. The van der Waals surface area contributed by atoms with Crippen LogP contribution in [-0.4, -0.2) is 17.8 Å². The van der Waals surface area contributed by atoms with Crippen molar-refractivity contribution in [3.8, 4) is 5.75 Å². The molecule has 16 heavy (non-hydrogen) atoms. The van der Waals surface area contributed by atoms with Gasteiger partial charge in [-0.3, -0.25) is 0 Å². The Labute approximate surface area is 98.3 Å². The lowest BCUT2D eigenvalue weighted by Crippen LogP contribution is -2.07. The molecule has 0 aliphatic carbocycles. The van der Waals surface area contributed by atoms with Gasteiger partial charge in [0.2, 0.25) is 0 Å². The van der Waals surface area contributed by atoms with Crippen LogP contribution < -0.4 is 4.74 Å². The third-order valence-corrected chi connectivity index (χ3v) is 2.75. The molecule has 0 radical (unpaired) electrons. The summed E-state index contributed by atoms with van der Waals surface area (Å²) in [4.78, 5) is 0. The van der Waals surface area contributed by atoms with E-state index >= 15 is 0 Å². The molecule has 0 aliphatic rings. The zero-order valence-electron chi connectivity index (χ0n) is 10.5. The van der Waals surface area contributed by atoms with Gasteiger partial charge in [0.05, 0.1) is 12.7 Å². The molecule has 0 aromatic heterocycles. The van der Waals surface area contributed by atoms with Gasteiger partial charge in [-0.1, -0.05) is 19.1 Å². The molecule has 0 bridgehead atoms. The van der Waals surface area contributed by atoms with Gasteiger partial charge in [0, 0.05) is 0 Å². The van der Waals surface area contributed by atoms with Gasteiger partial charge in [-0.05, 0) is 50.3 Å². The van der Waals surface area contributed by atoms with Gasteiger partial charge in [0.1, 0.15) is 5.75 Å². The molecule has 1 atom stereocenters. The van der Waals surface area contributed by atoms with Crippen molar-refractivity contribution in [3.63, 3.8) is 0 Å². The molecule has 0 saturated heterocycles. The lowest BCUT2D eigenvalue weighted by molar-refractivity contribution is 0.148. The monoisotopic (exact) mass is 222 g/mol. The van der Waals surface area contributed by atoms with E-state index in [1.54, 1.807) is 0 Å². The van der Waals surface area contributed by atoms with Crippen LogP contribution in [0, 0.1) is 13.8 Å². The lowest BCUT2D eigenvalue weighted by Gasteiger charge is -2.11. The molecule has 1 aromatic carbocycles. The number of rotatable bonds is 6. The average molecular weight is 222 g/mol. The summed E-state index contributed by atoms with van der Waals surface area (Å²) in [6.07, 6.45) is 2.37. The Morgan fingerprint density at radius 3 is 2.75 bits per heavy atom. The summed E-state index contributed by atoms with van der Waals surface area (Å²) in [6.45, 7) is 6.79. The average Bonchev–Trinajstić information content (AvgIpc) is 2.28. The van der Waals surface area contributed by atoms with Gasteiger partial charge in [-0.15, -0.1) is 0 Å². The highest BCUT2D eigenvalue weighted by Gasteiger charge is 2.02. The highest BCUT2D eigenvalue weighted by atomic mass is 16.5. The van der Waals surface area contributed by atoms with E-state index in [4.69, 9.17) is 4.74 Å². The molecule has 0 fully saturated rings. The molecule has 2 nitrogen and oxygen atoms in total. The van der Waals surface area contributed by atoms with Crippen LogP contribution in [0.3, 0.4) is 0 Å². The van der Waals surface area contributed by atoms with Gasteiger partial charge in [-0.25, -0.2) is 0 Å². The topological polar surface area (TPSA) is 29.5 Å². The first-order valence-electron chi connectivity index (χ1n) is 6.01. The fraction of sp³-hybridized carbons (Fsp3) is 0.571. The lowest BCUT2D eigenvalue weighted by atomic mass is 10.1. The number of aryl methyl sites for hydroxylation is 2. The molecule has 2 heteroatoms. The fourth-order valence-corrected chi connectivity index (χ4v) is 1.57. The van der Waals surface area contributed by atoms with Crippen LogP contribution in [0.25, 0.3) is 0 Å². The van der Waals surface area contributed by atoms with E-state index in [9.17, 15) is 5.11 Å². The third kappa shape index (κ3) is 4.23. The third-order valence-electron chi connectivity index (χ3n) is 2.75. The van der Waals surface area contributed by atoms with Crippen molar-refractivity contribution in [1.29, 1.82) is 0 Å². The predicted molar refractivity (Wildman–Crippen MR) is 66.9 cm³/mol. The quantitative estimate of drug-likeness (QED) is 0.749. The Balaban J connectivity index is 2.34.